The van der Waals surface area contributed by atoms with Crippen LogP contribution in [0.25, 0.3) is 0 Å². The maximum Gasteiger partial charge on any atom is 0.224 e. The van der Waals surface area contributed by atoms with Crippen LogP contribution in [-0.2, 0) is 4.79 Å². The van der Waals surface area contributed by atoms with E-state index in [0.29, 0.717) is 13.0 Å². The SMILES string of the molecule is [B]CN(CC)C(=O)C(C)C. The zero-order valence-electron chi connectivity index (χ0n) is 6.92. The molecule has 10 heavy (non-hydrogen) atoms. The fourth-order valence-corrected chi connectivity index (χ4v) is 0.740. The number of amides is 1. The standard InChI is InChI=1S/C7H14BNO/c1-4-9(5-8)7(10)6(2)3/h6H,4-5H2,1-3H3. The predicted octanol–water partition coefficient (Wildman–Crippen LogP) is 0.617. The van der Waals surface area contributed by atoms with Gasteiger partial charge >= 0.3 is 0 Å². The number of nitrogens with zero attached hydrogens (tertiary/aromatic N) is 1. The molecule has 0 unspecified atom stereocenters. The van der Waals surface area contributed by atoms with Gasteiger partial charge < -0.3 is 4.90 Å². The van der Waals surface area contributed by atoms with Crippen LogP contribution in [0.4, 0.5) is 0 Å². The van der Waals surface area contributed by atoms with Crippen LogP contribution < -0.4 is 0 Å². The van der Waals surface area contributed by atoms with E-state index in [1.165, 1.54) is 0 Å². The Kier molecular flexibility index (Phi) is 4.16. The fraction of sp³-hybridized carbons (Fsp3) is 0.857. The molecule has 0 aromatic heterocycles. The van der Waals surface area contributed by atoms with E-state index >= 15 is 0 Å². The largest absolute Gasteiger partial charge is 0.352 e. The minimum Gasteiger partial charge on any atom is -0.352 e. The lowest BCUT2D eigenvalue weighted by Gasteiger charge is -2.20. The summed E-state index contributed by atoms with van der Waals surface area (Å²) in [6, 6.07) is 0. The first kappa shape index (κ1) is 9.53. The molecular formula is C7H14BNO. The monoisotopic (exact) mass is 139 g/mol. The summed E-state index contributed by atoms with van der Waals surface area (Å²) < 4.78 is 0. The third-order valence-corrected chi connectivity index (χ3v) is 1.41. The second kappa shape index (κ2) is 4.37. The third-order valence-electron chi connectivity index (χ3n) is 1.41. The van der Waals surface area contributed by atoms with E-state index in [1.54, 1.807) is 4.90 Å². The molecular weight excluding hydrogens is 125 g/mol. The van der Waals surface area contributed by atoms with E-state index in [1.807, 2.05) is 20.8 Å². The van der Waals surface area contributed by atoms with Crippen molar-refractivity contribution in [2.24, 2.45) is 5.92 Å². The van der Waals surface area contributed by atoms with E-state index in [-0.39, 0.29) is 11.8 Å². The molecule has 0 aliphatic rings. The first-order valence-electron chi connectivity index (χ1n) is 3.62. The first-order chi connectivity index (χ1) is 4.63. The minimum absolute atomic E-state index is 0.0588. The minimum atomic E-state index is 0.0588. The normalized spacial score (nSPS) is 10.0. The molecule has 0 bridgehead atoms. The Morgan fingerprint density at radius 1 is 1.60 bits per heavy atom. The van der Waals surface area contributed by atoms with Crippen molar-refractivity contribution >= 4 is 13.8 Å². The highest BCUT2D eigenvalue weighted by molar-refractivity contribution is 6.10. The molecule has 2 radical (unpaired) electrons. The van der Waals surface area contributed by atoms with Gasteiger partial charge in [0, 0.05) is 12.5 Å². The van der Waals surface area contributed by atoms with Crippen LogP contribution in [0, 0.1) is 5.92 Å². The molecule has 0 aliphatic heterocycles. The average Bonchev–Trinajstić information content (AvgIpc) is 1.90. The first-order valence-corrected chi connectivity index (χ1v) is 3.62. The van der Waals surface area contributed by atoms with Gasteiger partial charge in [0.25, 0.3) is 0 Å². The number of hydrogen-bond acceptors (Lipinski definition) is 1. The van der Waals surface area contributed by atoms with Gasteiger partial charge in [0.15, 0.2) is 0 Å². The van der Waals surface area contributed by atoms with Gasteiger partial charge in [-0.3, -0.25) is 4.79 Å². The topological polar surface area (TPSA) is 20.3 Å². The van der Waals surface area contributed by atoms with E-state index < -0.39 is 0 Å². The van der Waals surface area contributed by atoms with Gasteiger partial charge in [0.05, 0.1) is 7.85 Å². The lowest BCUT2D eigenvalue weighted by molar-refractivity contribution is -0.133. The zero-order valence-corrected chi connectivity index (χ0v) is 6.92. The highest BCUT2D eigenvalue weighted by atomic mass is 16.2. The van der Waals surface area contributed by atoms with Gasteiger partial charge in [0.2, 0.25) is 5.91 Å². The molecule has 0 aromatic carbocycles. The molecule has 0 fully saturated rings. The molecule has 0 atom stereocenters. The lowest BCUT2D eigenvalue weighted by Crippen LogP contribution is -2.34. The van der Waals surface area contributed by atoms with Crippen molar-refractivity contribution in [1.29, 1.82) is 0 Å². The van der Waals surface area contributed by atoms with Gasteiger partial charge in [-0.25, -0.2) is 0 Å². The molecule has 0 heterocycles. The van der Waals surface area contributed by atoms with Crippen LogP contribution in [-0.4, -0.2) is 31.6 Å². The summed E-state index contributed by atoms with van der Waals surface area (Å²) in [7, 11) is 5.33. The number of hydrogen-bond donors (Lipinski definition) is 0. The summed E-state index contributed by atoms with van der Waals surface area (Å²) in [5.74, 6) is 0.188. The van der Waals surface area contributed by atoms with Crippen molar-refractivity contribution in [1.82, 2.24) is 4.90 Å². The summed E-state index contributed by atoms with van der Waals surface area (Å²) in [6.07, 6.45) is 0.327. The average molecular weight is 139 g/mol. The van der Waals surface area contributed by atoms with Crippen molar-refractivity contribution in [3.8, 4) is 0 Å². The summed E-state index contributed by atoms with van der Waals surface area (Å²) in [6.45, 7) is 6.38. The number of rotatable bonds is 3. The van der Waals surface area contributed by atoms with Gasteiger partial charge in [-0.05, 0) is 13.4 Å². The van der Waals surface area contributed by atoms with Crippen LogP contribution in [0.1, 0.15) is 20.8 Å². The van der Waals surface area contributed by atoms with Crippen molar-refractivity contribution < 1.29 is 4.79 Å². The van der Waals surface area contributed by atoms with Crippen molar-refractivity contribution in [3.63, 3.8) is 0 Å². The molecule has 0 aromatic rings. The summed E-state index contributed by atoms with van der Waals surface area (Å²) in [5.41, 5.74) is 0. The maximum absolute atomic E-state index is 11.2. The Bertz CT molecular complexity index is 110. The Hall–Kier alpha value is -0.465. The molecule has 1 amide bonds. The van der Waals surface area contributed by atoms with Crippen LogP contribution in [0.3, 0.4) is 0 Å². The molecule has 0 rings (SSSR count). The highest BCUT2D eigenvalue weighted by Gasteiger charge is 2.11. The van der Waals surface area contributed by atoms with Crippen LogP contribution in [0.5, 0.6) is 0 Å². The lowest BCUT2D eigenvalue weighted by atomic mass is 10.1. The quantitative estimate of drug-likeness (QED) is 0.524. The Labute approximate surface area is 64.0 Å². The Morgan fingerprint density at radius 3 is 2.20 bits per heavy atom. The van der Waals surface area contributed by atoms with E-state index in [4.69, 9.17) is 7.85 Å². The molecule has 3 heteroatoms. The summed E-state index contributed by atoms with van der Waals surface area (Å²) in [5, 5.41) is 0. The van der Waals surface area contributed by atoms with Crippen LogP contribution in [0.15, 0.2) is 0 Å². The van der Waals surface area contributed by atoms with E-state index in [2.05, 4.69) is 0 Å². The van der Waals surface area contributed by atoms with Gasteiger partial charge in [-0.1, -0.05) is 13.8 Å². The van der Waals surface area contributed by atoms with Gasteiger partial charge in [0.1, 0.15) is 0 Å². The molecule has 0 N–H and O–H groups in total. The predicted molar refractivity (Wildman–Crippen MR) is 42.8 cm³/mol. The van der Waals surface area contributed by atoms with Crippen molar-refractivity contribution in [2.45, 2.75) is 20.8 Å². The van der Waals surface area contributed by atoms with Crippen LogP contribution >= 0.6 is 0 Å². The maximum atomic E-state index is 11.2. The summed E-state index contributed by atoms with van der Waals surface area (Å²) >= 11 is 0. The second-order valence-electron chi connectivity index (χ2n) is 2.53. The number of carbonyl (C=O) groups excluding carboxylic acids is 1. The molecule has 0 saturated heterocycles. The molecule has 0 saturated carbocycles. The van der Waals surface area contributed by atoms with Gasteiger partial charge in [-0.15, -0.1) is 0 Å². The Morgan fingerprint density at radius 2 is 2.10 bits per heavy atom. The zero-order chi connectivity index (χ0) is 8.15. The van der Waals surface area contributed by atoms with Crippen molar-refractivity contribution in [2.75, 3.05) is 13.0 Å². The summed E-state index contributed by atoms with van der Waals surface area (Å²) in [4.78, 5) is 12.8. The number of carbonyl (C=O) groups is 1. The van der Waals surface area contributed by atoms with Gasteiger partial charge in [-0.2, -0.15) is 0 Å². The Balaban J connectivity index is 3.89. The molecule has 2 nitrogen and oxygen atoms in total. The highest BCUT2D eigenvalue weighted by Crippen LogP contribution is 1.98. The van der Waals surface area contributed by atoms with Crippen LogP contribution in [0.2, 0.25) is 0 Å². The molecule has 0 aliphatic carbocycles. The third kappa shape index (κ3) is 2.42. The smallest absolute Gasteiger partial charge is 0.224 e. The van der Waals surface area contributed by atoms with E-state index in [9.17, 15) is 4.79 Å². The molecule has 0 spiro atoms. The van der Waals surface area contributed by atoms with Crippen molar-refractivity contribution in [3.05, 3.63) is 0 Å². The van der Waals surface area contributed by atoms with E-state index in [0.717, 1.165) is 0 Å². The molecule has 56 valence electrons. The fourth-order valence-electron chi connectivity index (χ4n) is 0.740. The second-order valence-corrected chi connectivity index (χ2v) is 2.53.